The molecule has 0 saturated carbocycles. The topological polar surface area (TPSA) is 200 Å². The van der Waals surface area contributed by atoms with Crippen LogP contribution in [0.1, 0.15) is 61.8 Å². The molecule has 2 fully saturated rings. The molecule has 16 nitrogen and oxygen atoms in total. The predicted molar refractivity (Wildman–Crippen MR) is 248 cm³/mol. The van der Waals surface area contributed by atoms with Gasteiger partial charge in [-0.3, -0.25) is 4.79 Å². The monoisotopic (exact) mass is 921 g/mol. The van der Waals surface area contributed by atoms with Crippen molar-refractivity contribution in [3.63, 3.8) is 0 Å². The van der Waals surface area contributed by atoms with Gasteiger partial charge in [-0.1, -0.05) is 35.4 Å². The van der Waals surface area contributed by atoms with Crippen LogP contribution < -0.4 is 31.3 Å². The molecular weight excluding hydrogens is 858 g/mol. The number of carbonyl (C=O) groups is 2. The largest absolute Gasteiger partial charge is 0.491 e. The summed E-state index contributed by atoms with van der Waals surface area (Å²) in [5.74, 6) is 1.22. The normalized spacial score (nSPS) is 18.2. The predicted octanol–water partition coefficient (Wildman–Crippen LogP) is 5.48. The Balaban J connectivity index is 0.783. The number of rotatable bonds is 31. The van der Waals surface area contributed by atoms with E-state index in [4.69, 9.17) is 46.3 Å². The number of nitriles is 1. The van der Waals surface area contributed by atoms with Crippen LogP contribution in [0.25, 0.3) is 0 Å². The highest BCUT2D eigenvalue weighted by Crippen LogP contribution is 2.39. The Hall–Kier alpha value is -4.41. The molecule has 0 radical (unpaired) electrons. The third-order valence-electron chi connectivity index (χ3n) is 11.5. The smallest absolute Gasteiger partial charge is 0.315 e. The summed E-state index contributed by atoms with van der Waals surface area (Å²) >= 11 is 8.36. The van der Waals surface area contributed by atoms with Crippen molar-refractivity contribution in [3.05, 3.63) is 76.6 Å². The maximum absolute atomic E-state index is 12.0. The molecule has 348 valence electrons. The van der Waals surface area contributed by atoms with Crippen LogP contribution in [0, 0.1) is 17.2 Å². The highest BCUT2D eigenvalue weighted by atomic mass is 35.5. The molecule has 0 bridgehead atoms. The molecule has 3 amide bonds. The average molecular weight is 923 g/mol. The lowest BCUT2D eigenvalue weighted by Crippen LogP contribution is -2.36. The maximum atomic E-state index is 12.0. The zero-order valence-electron chi connectivity index (χ0n) is 36.7. The third kappa shape index (κ3) is 15.9. The van der Waals surface area contributed by atoms with Gasteiger partial charge in [0.05, 0.1) is 77.1 Å². The summed E-state index contributed by atoms with van der Waals surface area (Å²) < 4.78 is 30.7. The third-order valence-corrected chi connectivity index (χ3v) is 13.3. The molecule has 2 saturated heterocycles. The van der Waals surface area contributed by atoms with Crippen LogP contribution in [0.15, 0.2) is 54.7 Å². The molecular formula is C46H64ClN9O7S. The van der Waals surface area contributed by atoms with Gasteiger partial charge < -0.3 is 50.3 Å². The van der Waals surface area contributed by atoms with E-state index in [1.54, 1.807) is 4.68 Å². The fourth-order valence-electron chi connectivity index (χ4n) is 8.19. The summed E-state index contributed by atoms with van der Waals surface area (Å²) in [5.41, 5.74) is 11.3. The fourth-order valence-corrected chi connectivity index (χ4v) is 9.90. The molecule has 4 atom stereocenters. The van der Waals surface area contributed by atoms with Gasteiger partial charge in [0.15, 0.2) is 0 Å². The first-order valence-electron chi connectivity index (χ1n) is 22.6. The minimum absolute atomic E-state index is 0.0832. The second-order valence-corrected chi connectivity index (χ2v) is 17.9. The summed E-state index contributed by atoms with van der Waals surface area (Å²) in [6.07, 6.45) is 13.2. The van der Waals surface area contributed by atoms with Gasteiger partial charge in [-0.15, -0.1) is 5.10 Å². The lowest BCUT2D eigenvalue weighted by Gasteiger charge is -2.27. The van der Waals surface area contributed by atoms with Crippen molar-refractivity contribution in [3.8, 4) is 11.8 Å². The number of benzene rings is 2. The zero-order valence-corrected chi connectivity index (χ0v) is 38.3. The Bertz CT molecular complexity index is 1980. The fraction of sp³-hybridized carbons (Fsp3) is 0.587. The van der Waals surface area contributed by atoms with Crippen LogP contribution in [0.4, 0.5) is 16.2 Å². The first-order chi connectivity index (χ1) is 31.4. The Morgan fingerprint density at radius 3 is 2.59 bits per heavy atom. The molecule has 0 aliphatic carbocycles. The van der Waals surface area contributed by atoms with E-state index in [0.29, 0.717) is 77.7 Å². The molecule has 0 spiro atoms. The van der Waals surface area contributed by atoms with Gasteiger partial charge >= 0.3 is 6.03 Å². The molecule has 6 rings (SSSR count). The second-order valence-electron chi connectivity index (χ2n) is 16.1. The number of primary amides is 1. The van der Waals surface area contributed by atoms with Gasteiger partial charge in [-0.2, -0.15) is 17.0 Å². The summed E-state index contributed by atoms with van der Waals surface area (Å²) in [6.45, 7) is 7.06. The number of amides is 3. The second kappa shape index (κ2) is 27.2. The van der Waals surface area contributed by atoms with Crippen molar-refractivity contribution in [2.75, 3.05) is 83.1 Å². The molecule has 2 aromatic carbocycles. The average Bonchev–Trinajstić information content (AvgIpc) is 3.98. The standard InChI is InChI=1S/C46H64ClN9O7S/c47-37-12-11-34-9-10-36-29-39(13-14-41(36)56(42(34)30-37)19-5-4-18-50-17-3-1-2-16-48)63-28-27-62-32-38-31-55(54-53-38)20-22-60-24-26-61-25-23-59-21-15-35(45(49)57)7-6-8-43-44-40(33-64-43)51-46(58)52-44/h1-2,11-14,29-31,35,40,43-44,50H,3-10,15,17-28,32-33H2,(H2,49,57)(H2,51,52,58)/b2-1+/t35?,40-,43-,44-/m0/s1. The highest BCUT2D eigenvalue weighted by molar-refractivity contribution is 8.00. The van der Waals surface area contributed by atoms with Crippen LogP contribution in [0.3, 0.4) is 0 Å². The molecule has 3 aliphatic heterocycles. The number of hydrogen-bond acceptors (Lipinski definition) is 13. The lowest BCUT2D eigenvalue weighted by atomic mass is 9.95. The number of hydrogen-bond donors (Lipinski definition) is 4. The Kier molecular flexibility index (Phi) is 20.8. The number of allylic oxidation sites excluding steroid dienone is 1. The number of carbonyl (C=O) groups excluding carboxylic acids is 2. The van der Waals surface area contributed by atoms with E-state index in [2.05, 4.69) is 55.4 Å². The van der Waals surface area contributed by atoms with Gasteiger partial charge in [-0.05, 0) is 106 Å². The highest BCUT2D eigenvalue weighted by Gasteiger charge is 2.42. The van der Waals surface area contributed by atoms with Crippen LogP contribution in [-0.4, -0.2) is 123 Å². The number of halogens is 1. The van der Waals surface area contributed by atoms with Gasteiger partial charge in [0, 0.05) is 52.5 Å². The van der Waals surface area contributed by atoms with Crippen LogP contribution in [-0.2, 0) is 49.7 Å². The van der Waals surface area contributed by atoms with Crippen molar-refractivity contribution < 1.29 is 33.3 Å². The minimum Gasteiger partial charge on any atom is -0.491 e. The van der Waals surface area contributed by atoms with Gasteiger partial charge in [0.25, 0.3) is 0 Å². The maximum Gasteiger partial charge on any atom is 0.315 e. The Labute approximate surface area is 386 Å². The quantitative estimate of drug-likeness (QED) is 0.0360. The number of anilines is 2. The first kappa shape index (κ1) is 49.0. The number of nitrogens with zero attached hydrogens (tertiary/aromatic N) is 5. The van der Waals surface area contributed by atoms with Crippen molar-refractivity contribution in [2.45, 2.75) is 88.3 Å². The number of unbranched alkanes of at least 4 members (excludes halogenated alkanes) is 1. The summed E-state index contributed by atoms with van der Waals surface area (Å²) in [5, 5.41) is 27.6. The SMILES string of the molecule is N#C/C=C/CCNCCCCN1c2ccc(OCCOCc3cn(CCOCCOCCOCCC(CCC[C@@H]4SC[C@@H]5NC(=O)N[C@@H]54)C(N)=O)nn3)cc2CCc2ccc(Cl)cc21. The number of aryl methyl sites for hydroxylation is 2. The molecule has 5 N–H and O–H groups in total. The minimum atomic E-state index is -0.294. The first-order valence-corrected chi connectivity index (χ1v) is 24.1. The molecule has 18 heteroatoms. The number of ether oxygens (including phenoxy) is 5. The van der Waals surface area contributed by atoms with E-state index < -0.39 is 0 Å². The molecule has 1 aromatic heterocycles. The number of urea groups is 1. The van der Waals surface area contributed by atoms with Crippen LogP contribution in [0.2, 0.25) is 5.02 Å². The van der Waals surface area contributed by atoms with Crippen molar-refractivity contribution in [1.82, 2.24) is 30.9 Å². The Morgan fingerprint density at radius 2 is 1.75 bits per heavy atom. The molecule has 4 heterocycles. The lowest BCUT2D eigenvalue weighted by molar-refractivity contribution is -0.122. The Morgan fingerprint density at radius 1 is 0.938 bits per heavy atom. The summed E-state index contributed by atoms with van der Waals surface area (Å²) in [4.78, 5) is 26.0. The van der Waals surface area contributed by atoms with Crippen molar-refractivity contribution in [2.24, 2.45) is 11.7 Å². The number of thioether (sulfide) groups is 1. The zero-order chi connectivity index (χ0) is 44.8. The number of aromatic nitrogens is 3. The van der Waals surface area contributed by atoms with E-state index in [0.717, 1.165) is 93.2 Å². The molecule has 1 unspecified atom stereocenters. The van der Waals surface area contributed by atoms with Crippen molar-refractivity contribution in [1.29, 1.82) is 5.26 Å². The van der Waals surface area contributed by atoms with E-state index in [-0.39, 0.29) is 29.9 Å². The summed E-state index contributed by atoms with van der Waals surface area (Å²) in [6, 6.07) is 14.9. The molecule has 64 heavy (non-hydrogen) atoms. The van der Waals surface area contributed by atoms with Crippen LogP contribution in [0.5, 0.6) is 5.75 Å². The number of nitrogens with one attached hydrogen (secondary N) is 3. The number of nitrogens with two attached hydrogens (primary N) is 1. The summed E-state index contributed by atoms with van der Waals surface area (Å²) in [7, 11) is 0. The van der Waals surface area contributed by atoms with E-state index in [1.807, 2.05) is 42.2 Å². The number of fused-ring (bicyclic) bond motifs is 3. The van der Waals surface area contributed by atoms with E-state index in [1.165, 1.54) is 28.6 Å². The van der Waals surface area contributed by atoms with Gasteiger partial charge in [0.2, 0.25) is 5.91 Å². The van der Waals surface area contributed by atoms with E-state index in [9.17, 15) is 9.59 Å². The molecule has 3 aromatic rings. The van der Waals surface area contributed by atoms with E-state index >= 15 is 0 Å². The van der Waals surface area contributed by atoms with Crippen LogP contribution >= 0.6 is 23.4 Å². The van der Waals surface area contributed by atoms with Gasteiger partial charge in [0.1, 0.15) is 18.1 Å². The van der Waals surface area contributed by atoms with Crippen molar-refractivity contribution >= 4 is 46.7 Å². The van der Waals surface area contributed by atoms with Gasteiger partial charge in [-0.25, -0.2) is 9.48 Å². The molecule has 3 aliphatic rings.